The van der Waals surface area contributed by atoms with Gasteiger partial charge in [-0.2, -0.15) is 10.5 Å². The number of hydrogen-bond acceptors (Lipinski definition) is 6. The summed E-state index contributed by atoms with van der Waals surface area (Å²) in [6.07, 6.45) is 0. The van der Waals surface area contributed by atoms with Crippen LogP contribution >= 0.6 is 0 Å². The van der Waals surface area contributed by atoms with Gasteiger partial charge in [-0.05, 0) is 87.1 Å². The second-order valence-electron chi connectivity index (χ2n) is 13.4. The molecule has 10 heteroatoms. The lowest BCUT2D eigenvalue weighted by molar-refractivity contribution is -0.139. The van der Waals surface area contributed by atoms with Gasteiger partial charge in [-0.25, -0.2) is 9.98 Å². The van der Waals surface area contributed by atoms with E-state index >= 15 is 0 Å². The SMILES string of the molecule is CC.CC.CC(=O)N(C)CN(C)C(C)=Nc1cc(C)c(C)c(-c2ccccc2)c1C#N.CC(=O)N1CN(C(C)=Nc2cc(C)c(C)c(-c3ccccc3)c2C#N)C1. The summed E-state index contributed by atoms with van der Waals surface area (Å²) in [5, 5.41) is 19.7. The van der Waals surface area contributed by atoms with Crippen LogP contribution in [0.5, 0.6) is 0 Å². The molecule has 0 N–H and O–H groups in total. The standard InChI is InChI=1S/C22H26N4O.C21H22N4O.2C2H6/c1-15-12-21(24-17(3)25(5)14-26(6)18(4)27)20(13-23)22(16(15)2)19-10-8-7-9-11-19;1-14-10-20(23-16(3)24-12-25(13-24)17(4)26)19(11-22)21(15(14)2)18-8-6-5-7-9-18;2*1-2/h7-12H,14H2,1-6H3;5-10H,12-13H2,1-4H3;2*1-2H3. The van der Waals surface area contributed by atoms with Crippen molar-refractivity contribution < 1.29 is 9.59 Å². The van der Waals surface area contributed by atoms with Crippen LogP contribution in [-0.2, 0) is 9.59 Å². The van der Waals surface area contributed by atoms with Gasteiger partial charge < -0.3 is 19.6 Å². The first-order valence-electron chi connectivity index (χ1n) is 19.4. The van der Waals surface area contributed by atoms with Crippen LogP contribution in [0.4, 0.5) is 11.4 Å². The molecule has 0 unspecified atom stereocenters. The van der Waals surface area contributed by atoms with Crippen molar-refractivity contribution in [3.05, 3.63) is 106 Å². The number of amides is 2. The van der Waals surface area contributed by atoms with E-state index < -0.39 is 0 Å². The zero-order chi connectivity index (χ0) is 43.0. The molecule has 0 radical (unpaired) electrons. The Balaban J connectivity index is 0.000000362. The number of nitrogens with zero attached hydrogens (tertiary/aromatic N) is 8. The van der Waals surface area contributed by atoms with Crippen molar-refractivity contribution in [2.45, 2.75) is 83.1 Å². The first-order chi connectivity index (χ1) is 27.2. The number of carbonyl (C=O) groups excluding carboxylic acids is 2. The van der Waals surface area contributed by atoms with Gasteiger partial charge in [0.2, 0.25) is 11.8 Å². The molecule has 4 aromatic carbocycles. The fourth-order valence-corrected chi connectivity index (χ4v) is 5.93. The highest BCUT2D eigenvalue weighted by molar-refractivity contribution is 5.89. The average Bonchev–Trinajstić information content (AvgIpc) is 3.18. The van der Waals surface area contributed by atoms with Crippen LogP contribution in [0, 0.1) is 50.4 Å². The summed E-state index contributed by atoms with van der Waals surface area (Å²) < 4.78 is 0. The molecule has 1 heterocycles. The van der Waals surface area contributed by atoms with Crippen LogP contribution in [0.1, 0.15) is 88.8 Å². The second-order valence-corrected chi connectivity index (χ2v) is 13.4. The van der Waals surface area contributed by atoms with Crippen molar-refractivity contribution in [1.29, 1.82) is 10.5 Å². The number of amidine groups is 2. The molecule has 1 aliphatic rings. The average molecular weight is 769 g/mol. The fraction of sp³-hybridized carbons (Fsp3) is 0.362. The number of nitriles is 2. The van der Waals surface area contributed by atoms with Crippen LogP contribution < -0.4 is 0 Å². The smallest absolute Gasteiger partial charge is 0.222 e. The molecule has 0 aliphatic carbocycles. The summed E-state index contributed by atoms with van der Waals surface area (Å²) in [4.78, 5) is 39.5. The van der Waals surface area contributed by atoms with Crippen LogP contribution in [0.3, 0.4) is 0 Å². The van der Waals surface area contributed by atoms with E-state index in [1.165, 1.54) is 6.92 Å². The monoisotopic (exact) mass is 768 g/mol. The molecule has 0 atom stereocenters. The number of aliphatic imine (C=N–C) groups is 2. The van der Waals surface area contributed by atoms with Crippen molar-refractivity contribution >= 4 is 34.9 Å². The Kier molecular flexibility index (Phi) is 18.4. The fourth-order valence-electron chi connectivity index (χ4n) is 5.93. The number of aryl methyl sites for hydroxylation is 2. The van der Waals surface area contributed by atoms with Crippen LogP contribution in [0.15, 0.2) is 82.8 Å². The van der Waals surface area contributed by atoms with E-state index in [-0.39, 0.29) is 11.8 Å². The number of rotatable bonds is 6. The zero-order valence-electron chi connectivity index (χ0n) is 36.4. The Hall–Kier alpha value is -6.26. The highest BCUT2D eigenvalue weighted by Crippen LogP contribution is 2.37. The van der Waals surface area contributed by atoms with E-state index in [9.17, 15) is 20.1 Å². The molecule has 0 aromatic heterocycles. The van der Waals surface area contributed by atoms with Gasteiger partial charge >= 0.3 is 0 Å². The Morgan fingerprint density at radius 3 is 1.42 bits per heavy atom. The Morgan fingerprint density at radius 1 is 0.649 bits per heavy atom. The van der Waals surface area contributed by atoms with E-state index in [4.69, 9.17) is 9.98 Å². The molecule has 57 heavy (non-hydrogen) atoms. The van der Waals surface area contributed by atoms with Gasteiger partial charge in [-0.15, -0.1) is 0 Å². The molecule has 0 spiro atoms. The van der Waals surface area contributed by atoms with Crippen molar-refractivity contribution in [3.8, 4) is 34.4 Å². The minimum Gasteiger partial charge on any atom is -0.346 e. The summed E-state index contributed by atoms with van der Waals surface area (Å²) >= 11 is 0. The van der Waals surface area contributed by atoms with Crippen molar-refractivity contribution in [1.82, 2.24) is 19.6 Å². The second kappa shape index (κ2) is 22.3. The lowest BCUT2D eigenvalue weighted by atomic mass is 9.91. The van der Waals surface area contributed by atoms with Crippen molar-refractivity contribution in [2.24, 2.45) is 9.98 Å². The summed E-state index contributed by atoms with van der Waals surface area (Å²) in [6, 6.07) is 28.5. The van der Waals surface area contributed by atoms with Gasteiger partial charge in [0.1, 0.15) is 23.8 Å². The van der Waals surface area contributed by atoms with E-state index in [1.807, 2.05) is 159 Å². The maximum atomic E-state index is 11.5. The quantitative estimate of drug-likeness (QED) is 0.109. The largest absolute Gasteiger partial charge is 0.346 e. The highest BCUT2D eigenvalue weighted by atomic mass is 16.2. The van der Waals surface area contributed by atoms with E-state index in [0.29, 0.717) is 42.5 Å². The molecule has 1 aliphatic heterocycles. The maximum absolute atomic E-state index is 11.5. The molecule has 1 saturated heterocycles. The molecular formula is C47H60N8O2. The van der Waals surface area contributed by atoms with Crippen molar-refractivity contribution in [3.63, 3.8) is 0 Å². The number of carbonyl (C=O) groups is 2. The van der Waals surface area contributed by atoms with Gasteiger partial charge in [0.15, 0.2) is 0 Å². The molecule has 300 valence electrons. The maximum Gasteiger partial charge on any atom is 0.222 e. The molecule has 0 bridgehead atoms. The van der Waals surface area contributed by atoms with Gasteiger partial charge in [0.25, 0.3) is 0 Å². The van der Waals surface area contributed by atoms with E-state index in [2.05, 4.69) is 12.1 Å². The minimum absolute atomic E-state index is 0.00934. The lowest BCUT2D eigenvalue weighted by Crippen LogP contribution is -2.58. The molecule has 5 rings (SSSR count). The molecular weight excluding hydrogens is 709 g/mol. The number of hydrogen-bond donors (Lipinski definition) is 0. The highest BCUT2D eigenvalue weighted by Gasteiger charge is 2.27. The van der Waals surface area contributed by atoms with Gasteiger partial charge in [-0.3, -0.25) is 9.59 Å². The van der Waals surface area contributed by atoms with Crippen LogP contribution in [0.2, 0.25) is 0 Å². The first kappa shape index (κ1) is 46.9. The van der Waals surface area contributed by atoms with Crippen molar-refractivity contribution in [2.75, 3.05) is 34.1 Å². The third kappa shape index (κ3) is 11.9. The Bertz CT molecular complexity index is 2140. The Morgan fingerprint density at radius 2 is 1.05 bits per heavy atom. The van der Waals surface area contributed by atoms with E-state index in [1.54, 1.807) is 23.8 Å². The molecule has 10 nitrogen and oxygen atoms in total. The van der Waals surface area contributed by atoms with Crippen LogP contribution in [0.25, 0.3) is 22.3 Å². The van der Waals surface area contributed by atoms with E-state index in [0.717, 1.165) is 56.2 Å². The predicted octanol–water partition coefficient (Wildman–Crippen LogP) is 10.3. The summed E-state index contributed by atoms with van der Waals surface area (Å²) in [5.74, 6) is 1.59. The van der Waals surface area contributed by atoms with Crippen LogP contribution in [-0.4, -0.2) is 77.2 Å². The molecule has 1 fully saturated rings. The number of benzene rings is 4. The van der Waals surface area contributed by atoms with Gasteiger partial charge in [0.05, 0.1) is 42.5 Å². The normalized spacial score (nSPS) is 11.9. The van der Waals surface area contributed by atoms with Gasteiger partial charge in [-0.1, -0.05) is 88.4 Å². The molecule has 4 aromatic rings. The Labute approximate surface area is 341 Å². The predicted molar refractivity (Wildman–Crippen MR) is 236 cm³/mol. The minimum atomic E-state index is -0.00934. The summed E-state index contributed by atoms with van der Waals surface area (Å²) in [6.45, 7) is 24.6. The van der Waals surface area contributed by atoms with Gasteiger partial charge in [0, 0.05) is 39.1 Å². The molecule has 0 saturated carbocycles. The third-order valence-electron chi connectivity index (χ3n) is 9.66. The molecule has 2 amide bonds. The summed E-state index contributed by atoms with van der Waals surface area (Å²) in [5.41, 5.74) is 10.7. The third-order valence-corrected chi connectivity index (χ3v) is 9.66. The lowest BCUT2D eigenvalue weighted by Gasteiger charge is -2.43. The zero-order valence-corrected chi connectivity index (χ0v) is 36.4. The topological polar surface area (TPSA) is 119 Å². The first-order valence-corrected chi connectivity index (χ1v) is 19.4. The summed E-state index contributed by atoms with van der Waals surface area (Å²) in [7, 11) is 3.62.